The van der Waals surface area contributed by atoms with Crippen LogP contribution < -0.4 is 26.5 Å². The molecule has 19 heteroatoms. The van der Waals surface area contributed by atoms with Crippen molar-refractivity contribution >= 4 is 72.6 Å². The van der Waals surface area contributed by atoms with Gasteiger partial charge in [-0.2, -0.15) is 0 Å². The molecule has 4 amide bonds. The van der Waals surface area contributed by atoms with Crippen LogP contribution in [0.4, 0.5) is 0 Å². The fourth-order valence-electron chi connectivity index (χ4n) is 5.02. The Morgan fingerprint density at radius 2 is 1.40 bits per heavy atom. The maximum absolute atomic E-state index is 12.7. The Labute approximate surface area is 362 Å². The third-order valence-corrected chi connectivity index (χ3v) is 9.75. The van der Waals surface area contributed by atoms with Gasteiger partial charge in [-0.3, -0.25) is 14.4 Å². The molecule has 0 saturated carbocycles. The van der Waals surface area contributed by atoms with Crippen LogP contribution in [0.1, 0.15) is 102 Å². The summed E-state index contributed by atoms with van der Waals surface area (Å²) in [5.74, 6) is 1.91. The van der Waals surface area contributed by atoms with Crippen LogP contribution in [-0.2, 0) is 28.7 Å². The number of aliphatic imine (C=N–C) groups is 1. The average molecular weight is 998 g/mol. The van der Waals surface area contributed by atoms with Crippen molar-refractivity contribution < 1.29 is 82.9 Å². The van der Waals surface area contributed by atoms with Gasteiger partial charge in [0.2, 0.25) is 17.7 Å². The fraction of sp³-hybridized carbons (Fsp3) is 0.824. The van der Waals surface area contributed by atoms with Crippen LogP contribution in [0.3, 0.4) is 0 Å². The van der Waals surface area contributed by atoms with Gasteiger partial charge in [0.05, 0.1) is 24.3 Å². The van der Waals surface area contributed by atoms with Crippen molar-refractivity contribution in [3.8, 4) is 0 Å². The van der Waals surface area contributed by atoms with E-state index in [0.29, 0.717) is 31.2 Å². The second-order valence-electron chi connectivity index (χ2n) is 16.2. The summed E-state index contributed by atoms with van der Waals surface area (Å²) in [6.45, 7) is 23.2. The van der Waals surface area contributed by atoms with E-state index in [1.807, 2.05) is 41.5 Å². The van der Waals surface area contributed by atoms with Crippen molar-refractivity contribution in [2.75, 3.05) is 11.5 Å². The Hall–Kier alpha value is -0.829. The number of β-lactam (4-membered cyclic amide) rings is 2. The number of thioether (sulfide) groups is 2. The molecule has 2 rings (SSSR count). The monoisotopic (exact) mass is 997 g/mol. The smallest absolute Gasteiger partial charge is 0.226 e. The second-order valence-corrected chi connectivity index (χ2v) is 18.6. The number of aliphatic hydroxyl groups excluding tert-OH is 1. The van der Waals surface area contributed by atoms with E-state index in [0.717, 1.165) is 24.7 Å². The van der Waals surface area contributed by atoms with E-state index in [9.17, 15) is 33.7 Å². The zero-order chi connectivity index (χ0) is 40.4. The van der Waals surface area contributed by atoms with Crippen molar-refractivity contribution in [3.63, 3.8) is 0 Å². The van der Waals surface area contributed by atoms with Crippen LogP contribution in [0.2, 0.25) is 6.82 Å². The van der Waals surface area contributed by atoms with E-state index in [-0.39, 0.29) is 108 Å². The molecule has 0 aromatic carbocycles. The Morgan fingerprint density at radius 3 is 1.74 bits per heavy atom. The number of hydrogen-bond acceptors (Lipinski definition) is 12. The van der Waals surface area contributed by atoms with Gasteiger partial charge in [0.15, 0.2) is 0 Å². The maximum atomic E-state index is 12.7. The molecule has 0 aromatic heterocycles. The molecule has 2 unspecified atom stereocenters. The molecule has 2 fully saturated rings. The van der Waals surface area contributed by atoms with Crippen molar-refractivity contribution in [3.05, 3.63) is 0 Å². The first-order valence-electron chi connectivity index (χ1n) is 17.9. The second kappa shape index (κ2) is 26.9. The number of nitrogens with zero attached hydrogens (tertiary/aromatic N) is 1. The van der Waals surface area contributed by atoms with E-state index >= 15 is 0 Å². The first kappa shape index (κ1) is 54.3. The summed E-state index contributed by atoms with van der Waals surface area (Å²) in [6, 6.07) is -1.14. The minimum atomic E-state index is -0.747. The predicted molar refractivity (Wildman–Crippen MR) is 212 cm³/mol. The SMILES string of the molecule is CB(O)N[C@H](C(=O)N[C@H](CSC1CC(=O)N1)CC(C)C)C(C)(C)C.CC(=O)SC[C@H](CC(C)C)NC(=O)[C@@H](N=CB=O)C(C)(C)C.O=C1CC(O)N1.[Ac]. The Morgan fingerprint density at radius 1 is 0.925 bits per heavy atom. The molecule has 2 saturated heterocycles. The van der Waals surface area contributed by atoms with Gasteiger partial charge in [0, 0.05) is 55.9 Å². The number of carbonyl (C=O) groups is 5. The third kappa shape index (κ3) is 25.9. The molecule has 2 heterocycles. The van der Waals surface area contributed by atoms with E-state index in [2.05, 4.69) is 59.2 Å². The first-order valence-corrected chi connectivity index (χ1v) is 19.9. The third-order valence-electron chi connectivity index (χ3n) is 7.49. The van der Waals surface area contributed by atoms with Crippen LogP contribution in [0.25, 0.3) is 0 Å². The molecule has 14 nitrogen and oxygen atoms in total. The quantitative estimate of drug-likeness (QED) is 0.0638. The first-order chi connectivity index (χ1) is 23.8. The molecule has 0 bridgehead atoms. The standard InChI is InChI=1S/C16H32BN3O3S.C15H27BN2O3S.C3H5NO2.Ac/c1-10(2)7-11(9-24-13-8-12(21)19-13)18-15(22)14(16(3,4)5)20-17(6)23;1-10(2)7-12(8-22-11(3)19)18-14(20)13(15(4,5)6)17-9-16-21;5-2-1-3(6)4-2;/h10-11,13-14,20,23H,7-9H2,1-6H3,(H,18,22)(H,19,21);9-10,12-13H,7-8H2,1-6H3,(H,18,20);2,5H,1H2,(H,4,6);/t11-,13?,14+;12-,13+;;/m00../s1. The zero-order valence-corrected chi connectivity index (χ0v) is 40.2. The number of amides is 4. The van der Waals surface area contributed by atoms with Gasteiger partial charge >= 0.3 is 145 Å². The minimum absolute atomic E-state index is 0. The Kier molecular flexibility index (Phi) is 27.6. The normalized spacial score (nSPS) is 18.8. The van der Waals surface area contributed by atoms with E-state index in [4.69, 9.17) is 5.11 Å². The minimum Gasteiger partial charge on any atom is -0.373 e. The average Bonchev–Trinajstić information content (AvgIpc) is 2.94. The molecule has 6 atom stereocenters. The summed E-state index contributed by atoms with van der Waals surface area (Å²) in [5.41, 5.74) is -0.696. The number of carbonyl (C=O) groups excluding carboxylic acids is 5. The molecule has 0 spiro atoms. The Balaban J connectivity index is 0. The van der Waals surface area contributed by atoms with E-state index < -0.39 is 25.4 Å². The van der Waals surface area contributed by atoms with Crippen LogP contribution in [0.15, 0.2) is 4.99 Å². The van der Waals surface area contributed by atoms with Gasteiger partial charge < -0.3 is 31.3 Å². The molecular weight excluding hydrogens is 933 g/mol. The summed E-state index contributed by atoms with van der Waals surface area (Å²) in [5, 5.41) is 32.2. The summed E-state index contributed by atoms with van der Waals surface area (Å²) in [7, 11) is -0.175. The van der Waals surface area contributed by atoms with Crippen molar-refractivity contribution in [1.29, 1.82) is 0 Å². The summed E-state index contributed by atoms with van der Waals surface area (Å²) in [4.78, 5) is 61.3. The topological polar surface area (TPSA) is 215 Å². The van der Waals surface area contributed by atoms with Crippen LogP contribution >= 0.6 is 23.5 Å². The largest absolute Gasteiger partial charge is 0.373 e. The van der Waals surface area contributed by atoms with Gasteiger partial charge in [-0.1, -0.05) is 34.6 Å². The van der Waals surface area contributed by atoms with Crippen LogP contribution in [-0.4, -0.2) is 106 Å². The maximum Gasteiger partial charge on any atom is 0.226 e. The van der Waals surface area contributed by atoms with Gasteiger partial charge in [-0.25, -0.2) is 0 Å². The van der Waals surface area contributed by atoms with Crippen molar-refractivity contribution in [2.45, 2.75) is 144 Å². The molecule has 0 aromatic rings. The summed E-state index contributed by atoms with van der Waals surface area (Å²) >= 11 is 2.89. The number of aliphatic hydroxyl groups is 1. The number of nitrogens with one attached hydrogen (secondary N) is 5. The van der Waals surface area contributed by atoms with Gasteiger partial charge in [0.25, 0.3) is 0 Å². The molecule has 299 valence electrons. The van der Waals surface area contributed by atoms with Gasteiger partial charge in [-0.05, 0) is 24.6 Å². The predicted octanol–water partition coefficient (Wildman–Crippen LogP) is 2.33. The molecule has 7 N–H and O–H groups in total. The molecule has 1 radical (unpaired) electrons. The van der Waals surface area contributed by atoms with Crippen LogP contribution in [0, 0.1) is 66.7 Å². The number of hydrogen-bond donors (Lipinski definition) is 7. The summed E-state index contributed by atoms with van der Waals surface area (Å²) in [6.07, 6.45) is 3.07. The Bertz CT molecular complexity index is 1190. The van der Waals surface area contributed by atoms with Gasteiger partial charge in [0.1, 0.15) is 6.23 Å². The number of rotatable bonds is 17. The van der Waals surface area contributed by atoms with Crippen molar-refractivity contribution in [2.24, 2.45) is 27.7 Å². The molecule has 53 heavy (non-hydrogen) atoms. The molecule has 2 aliphatic rings. The van der Waals surface area contributed by atoms with Crippen molar-refractivity contribution in [1.82, 2.24) is 26.5 Å². The van der Waals surface area contributed by atoms with Crippen LogP contribution in [0.5, 0.6) is 0 Å². The molecule has 0 aliphatic carbocycles. The zero-order valence-electron chi connectivity index (χ0n) is 33.8. The van der Waals surface area contributed by atoms with E-state index in [1.54, 1.807) is 18.6 Å². The van der Waals surface area contributed by atoms with Gasteiger partial charge in [-0.15, -0.1) is 11.8 Å². The molecular formula is C34H64AcB2N6O8S2. The van der Waals surface area contributed by atoms with E-state index in [1.165, 1.54) is 18.7 Å². The summed E-state index contributed by atoms with van der Waals surface area (Å²) < 4.78 is 10.5. The molecule has 2 aliphatic heterocycles. The fourth-order valence-corrected chi connectivity index (χ4v) is 6.85.